The standard InChI is InChI=1S/C16H23N/c1-10(2)8-14-15-11(3)4-5-12-6-7-13(9-17-14)16(12)15/h4-5,10,13-14,17H,6-9H2,1-3H3. The summed E-state index contributed by atoms with van der Waals surface area (Å²) in [4.78, 5) is 0. The highest BCUT2D eigenvalue weighted by molar-refractivity contribution is 5.49. The van der Waals surface area contributed by atoms with Gasteiger partial charge in [0.1, 0.15) is 0 Å². The van der Waals surface area contributed by atoms with Crippen molar-refractivity contribution < 1.29 is 0 Å². The molecule has 0 fully saturated rings. The Hall–Kier alpha value is -0.820. The lowest BCUT2D eigenvalue weighted by Gasteiger charge is -2.33. The molecule has 2 atom stereocenters. The molecule has 92 valence electrons. The van der Waals surface area contributed by atoms with Gasteiger partial charge in [-0.15, -0.1) is 0 Å². The number of hydrogen-bond donors (Lipinski definition) is 1. The molecule has 0 saturated heterocycles. The van der Waals surface area contributed by atoms with Crippen LogP contribution in [0.2, 0.25) is 0 Å². The molecule has 1 nitrogen and oxygen atoms in total. The van der Waals surface area contributed by atoms with Gasteiger partial charge in [-0.05, 0) is 60.3 Å². The third-order valence-corrected chi connectivity index (χ3v) is 4.43. The second-order valence-corrected chi connectivity index (χ2v) is 6.19. The maximum absolute atomic E-state index is 3.78. The highest BCUT2D eigenvalue weighted by Crippen LogP contribution is 2.43. The zero-order valence-corrected chi connectivity index (χ0v) is 11.2. The largest absolute Gasteiger partial charge is 0.309 e. The van der Waals surface area contributed by atoms with Gasteiger partial charge in [0.15, 0.2) is 0 Å². The van der Waals surface area contributed by atoms with Gasteiger partial charge >= 0.3 is 0 Å². The molecule has 2 unspecified atom stereocenters. The van der Waals surface area contributed by atoms with Crippen molar-refractivity contribution in [2.45, 2.75) is 52.0 Å². The summed E-state index contributed by atoms with van der Waals surface area (Å²) in [5.41, 5.74) is 6.48. The van der Waals surface area contributed by atoms with E-state index in [1.807, 2.05) is 0 Å². The van der Waals surface area contributed by atoms with Crippen molar-refractivity contribution in [3.8, 4) is 0 Å². The van der Waals surface area contributed by atoms with E-state index < -0.39 is 0 Å². The molecule has 1 aromatic rings. The summed E-state index contributed by atoms with van der Waals surface area (Å²) in [6.07, 6.45) is 3.92. The fourth-order valence-electron chi connectivity index (χ4n) is 3.69. The molecule has 0 spiro atoms. The van der Waals surface area contributed by atoms with Crippen LogP contribution in [0.4, 0.5) is 0 Å². The molecule has 2 aliphatic rings. The Kier molecular flexibility index (Phi) is 2.74. The monoisotopic (exact) mass is 229 g/mol. The minimum Gasteiger partial charge on any atom is -0.309 e. The van der Waals surface area contributed by atoms with E-state index in [2.05, 4.69) is 38.2 Å². The number of benzene rings is 1. The number of hydrogen-bond acceptors (Lipinski definition) is 1. The predicted molar refractivity (Wildman–Crippen MR) is 72.4 cm³/mol. The highest BCUT2D eigenvalue weighted by atomic mass is 14.9. The Morgan fingerprint density at radius 2 is 2.12 bits per heavy atom. The Morgan fingerprint density at radius 3 is 2.88 bits per heavy atom. The summed E-state index contributed by atoms with van der Waals surface area (Å²) in [7, 11) is 0. The van der Waals surface area contributed by atoms with Crippen molar-refractivity contribution in [1.82, 2.24) is 5.32 Å². The quantitative estimate of drug-likeness (QED) is 0.815. The topological polar surface area (TPSA) is 12.0 Å². The van der Waals surface area contributed by atoms with Crippen molar-refractivity contribution in [2.24, 2.45) is 5.92 Å². The third kappa shape index (κ3) is 1.81. The van der Waals surface area contributed by atoms with Gasteiger partial charge in [-0.1, -0.05) is 26.0 Å². The molecule has 0 bridgehead atoms. The molecule has 1 heteroatoms. The molecular weight excluding hydrogens is 206 g/mol. The van der Waals surface area contributed by atoms with Gasteiger partial charge in [0.25, 0.3) is 0 Å². The Labute approximate surface area is 105 Å². The zero-order chi connectivity index (χ0) is 12.0. The fraction of sp³-hybridized carbons (Fsp3) is 0.625. The predicted octanol–water partition coefficient (Wildman–Crippen LogP) is 3.72. The summed E-state index contributed by atoms with van der Waals surface area (Å²) in [6.45, 7) is 8.13. The maximum atomic E-state index is 3.78. The van der Waals surface area contributed by atoms with Crippen LogP contribution < -0.4 is 5.32 Å². The van der Waals surface area contributed by atoms with Crippen molar-refractivity contribution in [3.63, 3.8) is 0 Å². The summed E-state index contributed by atoms with van der Waals surface area (Å²) < 4.78 is 0. The van der Waals surface area contributed by atoms with E-state index >= 15 is 0 Å². The second-order valence-electron chi connectivity index (χ2n) is 6.19. The van der Waals surface area contributed by atoms with Crippen LogP contribution in [0.3, 0.4) is 0 Å². The van der Waals surface area contributed by atoms with Gasteiger partial charge in [-0.25, -0.2) is 0 Å². The molecule has 1 heterocycles. The van der Waals surface area contributed by atoms with E-state index in [0.717, 1.165) is 11.8 Å². The molecule has 0 amide bonds. The maximum Gasteiger partial charge on any atom is 0.0328 e. The van der Waals surface area contributed by atoms with E-state index in [1.165, 1.54) is 31.4 Å². The van der Waals surface area contributed by atoms with Crippen molar-refractivity contribution in [1.29, 1.82) is 0 Å². The van der Waals surface area contributed by atoms with Crippen LogP contribution in [-0.2, 0) is 6.42 Å². The van der Waals surface area contributed by atoms with Crippen LogP contribution in [0.25, 0.3) is 0 Å². The van der Waals surface area contributed by atoms with E-state index in [4.69, 9.17) is 0 Å². The van der Waals surface area contributed by atoms with Gasteiger partial charge in [0.05, 0.1) is 0 Å². The van der Waals surface area contributed by atoms with Crippen LogP contribution in [0.5, 0.6) is 0 Å². The molecular formula is C16H23N. The highest BCUT2D eigenvalue weighted by Gasteiger charge is 2.33. The second kappa shape index (κ2) is 4.13. The van der Waals surface area contributed by atoms with Gasteiger partial charge in [-0.3, -0.25) is 0 Å². The van der Waals surface area contributed by atoms with E-state index in [1.54, 1.807) is 16.7 Å². The molecule has 0 aromatic heterocycles. The van der Waals surface area contributed by atoms with E-state index in [-0.39, 0.29) is 0 Å². The van der Waals surface area contributed by atoms with Crippen molar-refractivity contribution in [3.05, 3.63) is 34.4 Å². The van der Waals surface area contributed by atoms with E-state index in [0.29, 0.717) is 6.04 Å². The minimum absolute atomic E-state index is 0.597. The first kappa shape index (κ1) is 11.3. The molecule has 1 aliphatic heterocycles. The lowest BCUT2D eigenvalue weighted by atomic mass is 9.82. The Balaban J connectivity index is 2.06. The average molecular weight is 229 g/mol. The van der Waals surface area contributed by atoms with Crippen molar-refractivity contribution >= 4 is 0 Å². The average Bonchev–Trinajstić information content (AvgIpc) is 2.69. The Morgan fingerprint density at radius 1 is 1.29 bits per heavy atom. The Bertz CT molecular complexity index is 433. The van der Waals surface area contributed by atoms with Crippen LogP contribution in [0.1, 0.15) is 60.9 Å². The third-order valence-electron chi connectivity index (χ3n) is 4.43. The zero-order valence-electron chi connectivity index (χ0n) is 11.2. The van der Waals surface area contributed by atoms with Crippen LogP contribution in [0, 0.1) is 12.8 Å². The van der Waals surface area contributed by atoms with Gasteiger partial charge in [-0.2, -0.15) is 0 Å². The van der Waals surface area contributed by atoms with Crippen LogP contribution in [0.15, 0.2) is 12.1 Å². The molecule has 17 heavy (non-hydrogen) atoms. The molecule has 1 aliphatic carbocycles. The summed E-state index contributed by atoms with van der Waals surface area (Å²) >= 11 is 0. The number of rotatable bonds is 2. The first-order valence-corrected chi connectivity index (χ1v) is 7.02. The fourth-order valence-corrected chi connectivity index (χ4v) is 3.69. The van der Waals surface area contributed by atoms with Crippen LogP contribution >= 0.6 is 0 Å². The summed E-state index contributed by atoms with van der Waals surface area (Å²) in [5, 5.41) is 3.78. The van der Waals surface area contributed by atoms with Gasteiger partial charge in [0, 0.05) is 12.6 Å². The lowest BCUT2D eigenvalue weighted by Crippen LogP contribution is -2.33. The normalized spacial score (nSPS) is 26.4. The van der Waals surface area contributed by atoms with Crippen molar-refractivity contribution in [2.75, 3.05) is 6.54 Å². The number of nitrogens with one attached hydrogen (secondary N) is 1. The molecule has 1 aromatic carbocycles. The molecule has 3 rings (SSSR count). The summed E-state index contributed by atoms with van der Waals surface area (Å²) in [6, 6.07) is 5.29. The first-order chi connectivity index (χ1) is 8.16. The molecule has 0 radical (unpaired) electrons. The smallest absolute Gasteiger partial charge is 0.0328 e. The molecule has 0 saturated carbocycles. The minimum atomic E-state index is 0.597. The first-order valence-electron chi connectivity index (χ1n) is 7.02. The van der Waals surface area contributed by atoms with Gasteiger partial charge in [0.2, 0.25) is 0 Å². The summed E-state index contributed by atoms with van der Waals surface area (Å²) in [5.74, 6) is 1.56. The SMILES string of the molecule is Cc1ccc2c3c1C(CC(C)C)NCC3CC2. The van der Waals surface area contributed by atoms with E-state index in [9.17, 15) is 0 Å². The number of aryl methyl sites for hydroxylation is 2. The molecule has 1 N–H and O–H groups in total. The van der Waals surface area contributed by atoms with Gasteiger partial charge < -0.3 is 5.32 Å². The lowest BCUT2D eigenvalue weighted by molar-refractivity contribution is 0.389. The van der Waals surface area contributed by atoms with Crippen LogP contribution in [-0.4, -0.2) is 6.54 Å².